The van der Waals surface area contributed by atoms with Gasteiger partial charge in [-0.25, -0.2) is 0 Å². The van der Waals surface area contributed by atoms with Crippen molar-refractivity contribution >= 4 is 5.91 Å². The molecule has 7 heteroatoms. The van der Waals surface area contributed by atoms with Crippen LogP contribution in [-0.2, 0) is 4.79 Å². The normalized spacial score (nSPS) is 23.0. The first-order chi connectivity index (χ1) is 11.7. The highest BCUT2D eigenvalue weighted by atomic mass is 16.2. The van der Waals surface area contributed by atoms with Crippen LogP contribution in [0.1, 0.15) is 38.1 Å². The van der Waals surface area contributed by atoms with Gasteiger partial charge in [-0.2, -0.15) is 4.68 Å². The van der Waals surface area contributed by atoms with Gasteiger partial charge in [0.15, 0.2) is 5.82 Å². The van der Waals surface area contributed by atoms with E-state index in [9.17, 15) is 4.79 Å². The lowest BCUT2D eigenvalue weighted by Crippen LogP contribution is -2.35. The van der Waals surface area contributed by atoms with Crippen LogP contribution in [0.15, 0.2) is 30.3 Å². The van der Waals surface area contributed by atoms with Gasteiger partial charge in [0, 0.05) is 5.92 Å². The van der Waals surface area contributed by atoms with Crippen LogP contribution < -0.4 is 10.6 Å². The third-order valence-corrected chi connectivity index (χ3v) is 5.35. The van der Waals surface area contributed by atoms with Gasteiger partial charge in [-0.1, -0.05) is 18.2 Å². The Hall–Kier alpha value is -2.28. The first-order valence-electron chi connectivity index (χ1n) is 8.54. The van der Waals surface area contributed by atoms with Crippen molar-refractivity contribution in [3.63, 3.8) is 0 Å². The molecule has 4 rings (SSSR count). The number of carbonyl (C=O) groups excluding carboxylic acids is 1. The van der Waals surface area contributed by atoms with Gasteiger partial charge in [0.1, 0.15) is 0 Å². The Balaban J connectivity index is 1.45. The Bertz CT molecular complexity index is 722. The minimum absolute atomic E-state index is 0.131. The second-order valence-corrected chi connectivity index (χ2v) is 6.88. The molecular weight excluding hydrogens is 304 g/mol. The fraction of sp³-hybridized carbons (Fsp3) is 0.529. The van der Waals surface area contributed by atoms with E-state index in [1.807, 2.05) is 37.3 Å². The molecule has 1 spiro atoms. The molecule has 1 aromatic heterocycles. The maximum Gasteiger partial charge on any atom is 0.224 e. The molecule has 2 atom stereocenters. The summed E-state index contributed by atoms with van der Waals surface area (Å²) in [7, 11) is 0. The van der Waals surface area contributed by atoms with E-state index in [1.165, 1.54) is 0 Å². The maximum absolute atomic E-state index is 12.6. The molecule has 2 N–H and O–H groups in total. The van der Waals surface area contributed by atoms with E-state index in [1.54, 1.807) is 4.68 Å². The molecule has 1 aliphatic carbocycles. The summed E-state index contributed by atoms with van der Waals surface area (Å²) in [5, 5.41) is 18.4. The average Bonchev–Trinajstić information content (AvgIpc) is 3.08. The van der Waals surface area contributed by atoms with Gasteiger partial charge in [0.05, 0.1) is 11.7 Å². The molecule has 7 nitrogen and oxygen atoms in total. The van der Waals surface area contributed by atoms with Crippen molar-refractivity contribution < 1.29 is 4.79 Å². The molecule has 126 valence electrons. The molecule has 0 bridgehead atoms. The van der Waals surface area contributed by atoms with Crippen LogP contribution in [-0.4, -0.2) is 39.2 Å². The summed E-state index contributed by atoms with van der Waals surface area (Å²) in [6.07, 6.45) is 3.21. The van der Waals surface area contributed by atoms with Crippen molar-refractivity contribution in [3.8, 4) is 5.69 Å². The standard InChI is InChI=1S/C17H22N6O/c1-12(15-20-21-22-23(15)13-5-3-2-4-6-13)19-16(24)14-11-17(14)7-9-18-10-8-17/h2-6,12,14,18H,7-11H2,1H3,(H,19,24). The topological polar surface area (TPSA) is 84.7 Å². The predicted octanol–water partition coefficient (Wildman–Crippen LogP) is 1.23. The summed E-state index contributed by atoms with van der Waals surface area (Å²) in [6, 6.07) is 9.49. The fourth-order valence-electron chi connectivity index (χ4n) is 3.79. The second kappa shape index (κ2) is 5.98. The van der Waals surface area contributed by atoms with Crippen LogP contribution in [0, 0.1) is 11.3 Å². The number of rotatable bonds is 4. The Morgan fingerprint density at radius 3 is 2.83 bits per heavy atom. The van der Waals surface area contributed by atoms with Crippen LogP contribution in [0.5, 0.6) is 0 Å². The molecule has 1 saturated heterocycles. The number of piperidine rings is 1. The molecule has 2 heterocycles. The molecule has 0 radical (unpaired) electrons. The SMILES string of the molecule is CC(NC(=O)C1CC12CCNCC2)c1nnnn1-c1ccccc1. The zero-order valence-electron chi connectivity index (χ0n) is 13.8. The third kappa shape index (κ3) is 2.69. The maximum atomic E-state index is 12.6. The van der Waals surface area contributed by atoms with Crippen molar-refractivity contribution in [1.29, 1.82) is 0 Å². The van der Waals surface area contributed by atoms with Crippen LogP contribution in [0.3, 0.4) is 0 Å². The lowest BCUT2D eigenvalue weighted by atomic mass is 9.91. The molecule has 1 saturated carbocycles. The lowest BCUT2D eigenvalue weighted by molar-refractivity contribution is -0.124. The predicted molar refractivity (Wildman–Crippen MR) is 88.4 cm³/mol. The number of para-hydroxylation sites is 1. The van der Waals surface area contributed by atoms with E-state index in [2.05, 4.69) is 26.2 Å². The molecule has 2 fully saturated rings. The van der Waals surface area contributed by atoms with Gasteiger partial charge in [0.25, 0.3) is 0 Å². The van der Waals surface area contributed by atoms with Gasteiger partial charge in [-0.3, -0.25) is 4.79 Å². The number of tetrazole rings is 1. The van der Waals surface area contributed by atoms with E-state index in [0.717, 1.165) is 38.0 Å². The van der Waals surface area contributed by atoms with E-state index in [4.69, 9.17) is 0 Å². The Labute approximate surface area is 140 Å². The van der Waals surface area contributed by atoms with Crippen molar-refractivity contribution in [2.45, 2.75) is 32.2 Å². The zero-order chi connectivity index (χ0) is 16.6. The Morgan fingerprint density at radius 1 is 1.33 bits per heavy atom. The van der Waals surface area contributed by atoms with Crippen LogP contribution in [0.4, 0.5) is 0 Å². The highest BCUT2D eigenvalue weighted by Crippen LogP contribution is 2.58. The number of benzene rings is 1. The quantitative estimate of drug-likeness (QED) is 0.883. The molecule has 2 unspecified atom stereocenters. The summed E-state index contributed by atoms with van der Waals surface area (Å²) < 4.78 is 1.68. The number of nitrogens with zero attached hydrogens (tertiary/aromatic N) is 4. The highest BCUT2D eigenvalue weighted by Gasteiger charge is 2.57. The summed E-state index contributed by atoms with van der Waals surface area (Å²) in [4.78, 5) is 12.6. The third-order valence-electron chi connectivity index (χ3n) is 5.35. The zero-order valence-corrected chi connectivity index (χ0v) is 13.8. The minimum Gasteiger partial charge on any atom is -0.346 e. The number of hydrogen-bond acceptors (Lipinski definition) is 5. The van der Waals surface area contributed by atoms with Crippen molar-refractivity contribution in [2.24, 2.45) is 11.3 Å². The molecule has 1 amide bonds. The van der Waals surface area contributed by atoms with Gasteiger partial charge >= 0.3 is 0 Å². The van der Waals surface area contributed by atoms with Gasteiger partial charge < -0.3 is 10.6 Å². The van der Waals surface area contributed by atoms with E-state index >= 15 is 0 Å². The van der Waals surface area contributed by atoms with Crippen molar-refractivity contribution in [1.82, 2.24) is 30.8 Å². The van der Waals surface area contributed by atoms with Crippen LogP contribution >= 0.6 is 0 Å². The minimum atomic E-state index is -0.230. The number of hydrogen-bond donors (Lipinski definition) is 2. The highest BCUT2D eigenvalue weighted by molar-refractivity contribution is 5.83. The van der Waals surface area contributed by atoms with Crippen molar-refractivity contribution in [3.05, 3.63) is 36.2 Å². The number of aromatic nitrogens is 4. The lowest BCUT2D eigenvalue weighted by Gasteiger charge is -2.23. The average molecular weight is 326 g/mol. The second-order valence-electron chi connectivity index (χ2n) is 6.88. The first-order valence-corrected chi connectivity index (χ1v) is 8.54. The van der Waals surface area contributed by atoms with Crippen LogP contribution in [0.25, 0.3) is 5.69 Å². The molecular formula is C17H22N6O. The summed E-state index contributed by atoms with van der Waals surface area (Å²) in [5.41, 5.74) is 1.13. The van der Waals surface area contributed by atoms with E-state index in [-0.39, 0.29) is 23.3 Å². The fourth-order valence-corrected chi connectivity index (χ4v) is 3.79. The summed E-state index contributed by atoms with van der Waals surface area (Å²) >= 11 is 0. The first kappa shape index (κ1) is 15.3. The monoisotopic (exact) mass is 326 g/mol. The van der Waals surface area contributed by atoms with Crippen LogP contribution in [0.2, 0.25) is 0 Å². The largest absolute Gasteiger partial charge is 0.346 e. The molecule has 1 aliphatic heterocycles. The van der Waals surface area contributed by atoms with Gasteiger partial charge in [-0.05, 0) is 67.3 Å². The smallest absolute Gasteiger partial charge is 0.224 e. The van der Waals surface area contributed by atoms with Gasteiger partial charge in [-0.15, -0.1) is 5.10 Å². The molecule has 2 aliphatic rings. The number of carbonyl (C=O) groups is 1. The molecule has 24 heavy (non-hydrogen) atoms. The van der Waals surface area contributed by atoms with Gasteiger partial charge in [0.2, 0.25) is 5.91 Å². The summed E-state index contributed by atoms with van der Waals surface area (Å²) in [6.45, 7) is 3.97. The summed E-state index contributed by atoms with van der Waals surface area (Å²) in [5.74, 6) is 0.921. The number of amides is 1. The molecule has 1 aromatic carbocycles. The van der Waals surface area contributed by atoms with E-state index in [0.29, 0.717) is 5.82 Å². The molecule has 2 aromatic rings. The number of nitrogens with one attached hydrogen (secondary N) is 2. The Kier molecular flexibility index (Phi) is 3.80. The Morgan fingerprint density at radius 2 is 2.08 bits per heavy atom. The van der Waals surface area contributed by atoms with E-state index < -0.39 is 0 Å². The van der Waals surface area contributed by atoms with Crippen molar-refractivity contribution in [2.75, 3.05) is 13.1 Å².